The van der Waals surface area contributed by atoms with E-state index in [1.807, 2.05) is 6.07 Å². The predicted octanol–water partition coefficient (Wildman–Crippen LogP) is 4.63. The smallest absolute Gasteiger partial charge is 0.0721 e. The Morgan fingerprint density at radius 1 is 1.05 bits per heavy atom. The van der Waals surface area contributed by atoms with Crippen LogP contribution < -0.4 is 0 Å². The summed E-state index contributed by atoms with van der Waals surface area (Å²) in [5.41, 5.74) is 1.79. The lowest BCUT2D eigenvalue weighted by atomic mass is 9.79. The number of likely N-dealkylation sites (tertiary alicyclic amines) is 1. The van der Waals surface area contributed by atoms with Crippen LogP contribution in [0.5, 0.6) is 0 Å². The van der Waals surface area contributed by atoms with E-state index >= 15 is 0 Å². The molecule has 1 unspecified atom stereocenters. The Balaban J connectivity index is 1.92. The van der Waals surface area contributed by atoms with Crippen molar-refractivity contribution in [2.75, 3.05) is 6.54 Å². The molecule has 0 bridgehead atoms. The lowest BCUT2D eigenvalue weighted by Gasteiger charge is -2.53. The van der Waals surface area contributed by atoms with Crippen molar-refractivity contribution in [3.8, 4) is 0 Å². The third-order valence-electron chi connectivity index (χ3n) is 4.86. The number of benzene rings is 1. The molecule has 1 atom stereocenters. The normalized spacial score (nSPS) is 22.9. The van der Waals surface area contributed by atoms with Crippen LogP contribution in [0, 0.1) is 0 Å². The van der Waals surface area contributed by atoms with E-state index in [0.717, 1.165) is 6.54 Å². The Morgan fingerprint density at radius 3 is 2.19 bits per heavy atom. The summed E-state index contributed by atoms with van der Waals surface area (Å²) >= 11 is 0. The summed E-state index contributed by atoms with van der Waals surface area (Å²) in [6.45, 7) is 13.4. The number of ether oxygens (including phenoxy) is 1. The lowest BCUT2D eigenvalue weighted by molar-refractivity contribution is -0.0693. The second-order valence-corrected chi connectivity index (χ2v) is 7.70. The van der Waals surface area contributed by atoms with E-state index in [1.165, 1.54) is 24.8 Å². The van der Waals surface area contributed by atoms with Crippen molar-refractivity contribution in [3.05, 3.63) is 35.9 Å². The van der Waals surface area contributed by atoms with Gasteiger partial charge in [-0.05, 0) is 59.4 Å². The molecule has 0 spiro atoms. The highest BCUT2D eigenvalue weighted by Gasteiger charge is 2.41. The molecule has 1 aliphatic heterocycles. The summed E-state index contributed by atoms with van der Waals surface area (Å²) in [4.78, 5) is 2.65. The number of rotatable bonds is 5. The molecule has 1 aliphatic rings. The predicted molar refractivity (Wildman–Crippen MR) is 89.4 cm³/mol. The average Bonchev–Trinajstić information content (AvgIpc) is 2.41. The Bertz CT molecular complexity index is 422. The fourth-order valence-electron chi connectivity index (χ4n) is 3.66. The van der Waals surface area contributed by atoms with Gasteiger partial charge in [0.2, 0.25) is 0 Å². The quantitative estimate of drug-likeness (QED) is 0.783. The van der Waals surface area contributed by atoms with E-state index in [9.17, 15) is 0 Å². The molecule has 1 saturated heterocycles. The van der Waals surface area contributed by atoms with Gasteiger partial charge in [-0.1, -0.05) is 30.3 Å². The first-order valence-electron chi connectivity index (χ1n) is 8.24. The second-order valence-electron chi connectivity index (χ2n) is 7.70. The van der Waals surface area contributed by atoms with E-state index in [0.29, 0.717) is 6.61 Å². The van der Waals surface area contributed by atoms with Crippen LogP contribution in [0.25, 0.3) is 0 Å². The molecule has 1 aromatic carbocycles. The summed E-state index contributed by atoms with van der Waals surface area (Å²) in [5, 5.41) is 0. The minimum atomic E-state index is 0.252. The molecule has 2 nitrogen and oxygen atoms in total. The maximum atomic E-state index is 6.08. The van der Waals surface area contributed by atoms with Crippen molar-refractivity contribution in [3.63, 3.8) is 0 Å². The van der Waals surface area contributed by atoms with Crippen molar-refractivity contribution in [1.29, 1.82) is 0 Å². The highest BCUT2D eigenvalue weighted by molar-refractivity contribution is 5.13. The van der Waals surface area contributed by atoms with Gasteiger partial charge < -0.3 is 4.74 Å². The van der Waals surface area contributed by atoms with Crippen LogP contribution in [0.15, 0.2) is 30.3 Å². The van der Waals surface area contributed by atoms with Gasteiger partial charge >= 0.3 is 0 Å². The van der Waals surface area contributed by atoms with Gasteiger partial charge in [0.05, 0.1) is 12.7 Å². The molecule has 0 saturated carbocycles. The molecular formula is C19H31NO. The topological polar surface area (TPSA) is 12.5 Å². The second kappa shape index (κ2) is 6.50. The van der Waals surface area contributed by atoms with Crippen LogP contribution in [0.4, 0.5) is 0 Å². The number of piperidine rings is 1. The van der Waals surface area contributed by atoms with Gasteiger partial charge in [0.1, 0.15) is 0 Å². The third kappa shape index (κ3) is 4.31. The number of hydrogen-bond donors (Lipinski definition) is 0. The first kappa shape index (κ1) is 16.5. The fourth-order valence-corrected chi connectivity index (χ4v) is 3.66. The monoisotopic (exact) mass is 289 g/mol. The van der Waals surface area contributed by atoms with Gasteiger partial charge in [0.15, 0.2) is 0 Å². The van der Waals surface area contributed by atoms with E-state index < -0.39 is 0 Å². The molecule has 0 aliphatic carbocycles. The van der Waals surface area contributed by atoms with Crippen molar-refractivity contribution in [2.45, 2.75) is 77.7 Å². The molecule has 118 valence electrons. The summed E-state index contributed by atoms with van der Waals surface area (Å²) in [7, 11) is 0. The number of hydrogen-bond acceptors (Lipinski definition) is 2. The van der Waals surface area contributed by atoms with Gasteiger partial charge in [-0.25, -0.2) is 0 Å². The van der Waals surface area contributed by atoms with Gasteiger partial charge in [0, 0.05) is 17.6 Å². The molecule has 0 aromatic heterocycles. The highest BCUT2D eigenvalue weighted by Crippen LogP contribution is 2.38. The van der Waals surface area contributed by atoms with E-state index in [2.05, 4.69) is 63.8 Å². The van der Waals surface area contributed by atoms with Crippen LogP contribution in [0.3, 0.4) is 0 Å². The Hall–Kier alpha value is -0.860. The zero-order chi connectivity index (χ0) is 15.5. The van der Waals surface area contributed by atoms with Gasteiger partial charge in [0.25, 0.3) is 0 Å². The largest absolute Gasteiger partial charge is 0.373 e. The molecule has 2 rings (SSSR count). The number of nitrogens with zero attached hydrogens (tertiary/aromatic N) is 1. The van der Waals surface area contributed by atoms with Gasteiger partial charge in [-0.3, -0.25) is 4.90 Å². The highest BCUT2D eigenvalue weighted by atomic mass is 16.5. The first-order chi connectivity index (χ1) is 9.81. The van der Waals surface area contributed by atoms with Gasteiger partial charge in [-0.15, -0.1) is 0 Å². The minimum absolute atomic E-state index is 0.252. The van der Waals surface area contributed by atoms with Crippen molar-refractivity contribution in [2.24, 2.45) is 0 Å². The van der Waals surface area contributed by atoms with E-state index in [-0.39, 0.29) is 17.2 Å². The maximum absolute atomic E-state index is 6.08. The lowest BCUT2D eigenvalue weighted by Crippen LogP contribution is -2.60. The SMILES string of the molecule is CC(CN1C(C)(C)CCCC1(C)C)OCc1ccccc1. The van der Waals surface area contributed by atoms with Crippen LogP contribution in [0.1, 0.15) is 59.4 Å². The van der Waals surface area contributed by atoms with Crippen molar-refractivity contribution in [1.82, 2.24) is 4.90 Å². The standard InChI is InChI=1S/C19H31NO/c1-16(21-15-17-10-7-6-8-11-17)14-20-18(2,3)12-9-13-19(20,4)5/h6-8,10-11,16H,9,12-15H2,1-5H3. The molecule has 0 N–H and O–H groups in total. The van der Waals surface area contributed by atoms with Crippen LogP contribution in [-0.4, -0.2) is 28.6 Å². The molecule has 1 heterocycles. The average molecular weight is 289 g/mol. The summed E-state index contributed by atoms with van der Waals surface area (Å²) < 4.78 is 6.08. The van der Waals surface area contributed by atoms with Crippen molar-refractivity contribution >= 4 is 0 Å². The third-order valence-corrected chi connectivity index (χ3v) is 4.86. The Morgan fingerprint density at radius 2 is 1.62 bits per heavy atom. The molecule has 21 heavy (non-hydrogen) atoms. The Kier molecular flexibility index (Phi) is 5.11. The zero-order valence-corrected chi connectivity index (χ0v) is 14.4. The molecular weight excluding hydrogens is 258 g/mol. The van der Waals surface area contributed by atoms with E-state index in [1.54, 1.807) is 0 Å². The molecule has 2 heteroatoms. The first-order valence-corrected chi connectivity index (χ1v) is 8.24. The van der Waals surface area contributed by atoms with Crippen molar-refractivity contribution < 1.29 is 4.74 Å². The summed E-state index contributed by atoms with van der Waals surface area (Å²) in [5.74, 6) is 0. The fraction of sp³-hybridized carbons (Fsp3) is 0.684. The summed E-state index contributed by atoms with van der Waals surface area (Å²) in [6, 6.07) is 10.4. The molecule has 1 fully saturated rings. The van der Waals surface area contributed by atoms with Gasteiger partial charge in [-0.2, -0.15) is 0 Å². The van der Waals surface area contributed by atoms with Crippen LogP contribution in [-0.2, 0) is 11.3 Å². The molecule has 1 aromatic rings. The van der Waals surface area contributed by atoms with E-state index in [4.69, 9.17) is 4.74 Å². The molecule has 0 radical (unpaired) electrons. The van der Waals surface area contributed by atoms with Crippen LogP contribution in [0.2, 0.25) is 0 Å². The maximum Gasteiger partial charge on any atom is 0.0721 e. The Labute approximate surface area is 130 Å². The zero-order valence-electron chi connectivity index (χ0n) is 14.4. The molecule has 0 amide bonds. The summed E-state index contributed by atoms with van der Waals surface area (Å²) in [6.07, 6.45) is 4.14. The van der Waals surface area contributed by atoms with Crippen LogP contribution >= 0.6 is 0 Å². The minimum Gasteiger partial charge on any atom is -0.373 e.